The highest BCUT2D eigenvalue weighted by Gasteiger charge is 2.12. The second kappa shape index (κ2) is 4.97. The Kier molecular flexibility index (Phi) is 3.90. The molecule has 78 valence electrons. The summed E-state index contributed by atoms with van der Waals surface area (Å²) >= 11 is 1.35. The molecule has 14 heavy (non-hydrogen) atoms. The lowest BCUT2D eigenvalue weighted by atomic mass is 10.4. The fourth-order valence-electron chi connectivity index (χ4n) is 0.743. The highest BCUT2D eigenvalue weighted by molar-refractivity contribution is 7.98. The summed E-state index contributed by atoms with van der Waals surface area (Å²) in [7, 11) is 0. The molecule has 7 heteroatoms. The molecular weight excluding hydrogens is 206 g/mol. The van der Waals surface area contributed by atoms with Crippen LogP contribution in [-0.2, 0) is 10.5 Å². The Bertz CT molecular complexity index is 315. The van der Waals surface area contributed by atoms with Gasteiger partial charge < -0.3 is 15.4 Å². The van der Waals surface area contributed by atoms with E-state index in [1.54, 1.807) is 6.92 Å². The predicted octanol–water partition coefficient (Wildman–Crippen LogP) is 0.0231. The largest absolute Gasteiger partial charge is 0.480 e. The highest BCUT2D eigenvalue weighted by Crippen LogP contribution is 2.10. The first-order chi connectivity index (χ1) is 6.59. The van der Waals surface area contributed by atoms with Crippen LogP contribution < -0.4 is 5.73 Å². The van der Waals surface area contributed by atoms with E-state index in [0.29, 0.717) is 23.2 Å². The number of carboxylic acids is 1. The van der Waals surface area contributed by atoms with Crippen LogP contribution in [-0.4, -0.2) is 33.0 Å². The first-order valence-corrected chi connectivity index (χ1v) is 5.10. The quantitative estimate of drug-likeness (QED) is 0.716. The first kappa shape index (κ1) is 11.0. The lowest BCUT2D eigenvalue weighted by Crippen LogP contribution is -2.32. The van der Waals surface area contributed by atoms with Crippen molar-refractivity contribution in [3.63, 3.8) is 0 Å². The Morgan fingerprint density at radius 1 is 1.79 bits per heavy atom. The number of aryl methyl sites for hydroxylation is 1. The number of hydrogen-bond donors (Lipinski definition) is 2. The van der Waals surface area contributed by atoms with Gasteiger partial charge in [-0.2, -0.15) is 4.98 Å². The number of thioether (sulfide) groups is 1. The Hall–Kier alpha value is -1.08. The molecule has 0 amide bonds. The van der Waals surface area contributed by atoms with E-state index >= 15 is 0 Å². The normalized spacial score (nSPS) is 12.7. The van der Waals surface area contributed by atoms with Gasteiger partial charge in [-0.15, -0.1) is 11.8 Å². The van der Waals surface area contributed by atoms with Crippen molar-refractivity contribution in [2.24, 2.45) is 5.73 Å². The number of carbonyl (C=O) groups is 1. The fraction of sp³-hybridized carbons (Fsp3) is 0.571. The van der Waals surface area contributed by atoms with Crippen LogP contribution in [0.4, 0.5) is 0 Å². The number of rotatable bonds is 5. The van der Waals surface area contributed by atoms with Crippen molar-refractivity contribution in [3.05, 3.63) is 11.7 Å². The third kappa shape index (κ3) is 3.35. The molecule has 0 aliphatic rings. The lowest BCUT2D eigenvalue weighted by molar-refractivity contribution is -0.137. The van der Waals surface area contributed by atoms with Crippen LogP contribution in [0.1, 0.15) is 11.7 Å². The van der Waals surface area contributed by atoms with Crippen LogP contribution >= 0.6 is 11.8 Å². The highest BCUT2D eigenvalue weighted by atomic mass is 32.2. The van der Waals surface area contributed by atoms with E-state index in [1.165, 1.54) is 11.8 Å². The van der Waals surface area contributed by atoms with Crippen LogP contribution in [0.5, 0.6) is 0 Å². The molecule has 0 aliphatic heterocycles. The van der Waals surface area contributed by atoms with Crippen molar-refractivity contribution in [3.8, 4) is 0 Å². The molecule has 0 aromatic carbocycles. The topological polar surface area (TPSA) is 102 Å². The van der Waals surface area contributed by atoms with E-state index in [0.717, 1.165) is 0 Å². The molecule has 0 radical (unpaired) electrons. The molecule has 1 aromatic rings. The molecule has 0 spiro atoms. The molecule has 1 heterocycles. The van der Waals surface area contributed by atoms with Crippen molar-refractivity contribution >= 4 is 17.7 Å². The van der Waals surface area contributed by atoms with Gasteiger partial charge in [0.25, 0.3) is 0 Å². The van der Waals surface area contributed by atoms with Crippen molar-refractivity contribution in [1.29, 1.82) is 0 Å². The molecule has 1 rings (SSSR count). The first-order valence-electron chi connectivity index (χ1n) is 3.95. The number of aliphatic carboxylic acids is 1. The Balaban J connectivity index is 2.25. The molecule has 6 nitrogen and oxygen atoms in total. The fourth-order valence-corrected chi connectivity index (χ4v) is 1.55. The summed E-state index contributed by atoms with van der Waals surface area (Å²) in [5.41, 5.74) is 5.30. The maximum absolute atomic E-state index is 10.4. The maximum Gasteiger partial charge on any atom is 0.321 e. The van der Waals surface area contributed by atoms with Gasteiger partial charge in [-0.1, -0.05) is 5.16 Å². The van der Waals surface area contributed by atoms with Gasteiger partial charge in [-0.05, 0) is 6.92 Å². The predicted molar refractivity (Wildman–Crippen MR) is 50.8 cm³/mol. The molecule has 1 aromatic heterocycles. The molecular formula is C7H11N3O3S. The van der Waals surface area contributed by atoms with Gasteiger partial charge in [0.1, 0.15) is 6.04 Å². The summed E-state index contributed by atoms with van der Waals surface area (Å²) in [6, 6.07) is -0.844. The summed E-state index contributed by atoms with van der Waals surface area (Å²) in [5.74, 6) is 0.880. The zero-order chi connectivity index (χ0) is 10.6. The van der Waals surface area contributed by atoms with Crippen LogP contribution in [0.15, 0.2) is 4.52 Å². The van der Waals surface area contributed by atoms with E-state index in [1.807, 2.05) is 0 Å². The number of hydrogen-bond acceptors (Lipinski definition) is 6. The number of nitrogens with two attached hydrogens (primary N) is 1. The molecule has 0 fully saturated rings. The zero-order valence-electron chi connectivity index (χ0n) is 7.64. The number of carboxylic acid groups (broad SMARTS) is 1. The zero-order valence-corrected chi connectivity index (χ0v) is 8.45. The van der Waals surface area contributed by atoms with Crippen LogP contribution in [0, 0.1) is 6.92 Å². The summed E-state index contributed by atoms with van der Waals surface area (Å²) in [6.07, 6.45) is 0. The van der Waals surface area contributed by atoms with Gasteiger partial charge in [0.2, 0.25) is 5.89 Å². The molecule has 0 saturated carbocycles. The van der Waals surface area contributed by atoms with Gasteiger partial charge in [-0.25, -0.2) is 0 Å². The minimum atomic E-state index is -1.00. The maximum atomic E-state index is 10.4. The molecule has 0 unspecified atom stereocenters. The van der Waals surface area contributed by atoms with E-state index in [2.05, 4.69) is 10.1 Å². The summed E-state index contributed by atoms with van der Waals surface area (Å²) in [4.78, 5) is 14.3. The second-order valence-corrected chi connectivity index (χ2v) is 3.73. The van der Waals surface area contributed by atoms with Crippen molar-refractivity contribution in [1.82, 2.24) is 10.1 Å². The summed E-state index contributed by atoms with van der Waals surface area (Å²) < 4.78 is 4.84. The second-order valence-electron chi connectivity index (χ2n) is 2.70. The summed E-state index contributed by atoms with van der Waals surface area (Å²) in [5, 5.41) is 12.1. The monoisotopic (exact) mass is 217 g/mol. The van der Waals surface area contributed by atoms with Gasteiger partial charge in [0, 0.05) is 5.75 Å². The van der Waals surface area contributed by atoms with Gasteiger partial charge in [-0.3, -0.25) is 4.79 Å². The van der Waals surface area contributed by atoms with Gasteiger partial charge >= 0.3 is 5.97 Å². The van der Waals surface area contributed by atoms with Crippen molar-refractivity contribution in [2.45, 2.75) is 18.7 Å². The van der Waals surface area contributed by atoms with Crippen molar-refractivity contribution in [2.75, 3.05) is 5.75 Å². The number of nitrogens with zero attached hydrogens (tertiary/aromatic N) is 2. The van der Waals surface area contributed by atoms with Crippen LogP contribution in [0.3, 0.4) is 0 Å². The average Bonchev–Trinajstić information content (AvgIpc) is 2.51. The Labute approximate surface area is 84.9 Å². The van der Waals surface area contributed by atoms with Crippen molar-refractivity contribution < 1.29 is 14.4 Å². The molecule has 0 bridgehead atoms. The van der Waals surface area contributed by atoms with E-state index in [9.17, 15) is 4.79 Å². The molecule has 1 atom stereocenters. The van der Waals surface area contributed by atoms with Crippen LogP contribution in [0.25, 0.3) is 0 Å². The van der Waals surface area contributed by atoms with E-state index in [4.69, 9.17) is 15.4 Å². The standard InChI is InChI=1S/C7H11N3O3S/c1-4-9-6(13-10-4)3-14-2-5(8)7(11)12/h5H,2-3,8H2,1H3,(H,11,12)/t5-/m1/s1. The number of aromatic nitrogens is 2. The third-order valence-electron chi connectivity index (χ3n) is 1.41. The Morgan fingerprint density at radius 3 is 3.00 bits per heavy atom. The average molecular weight is 217 g/mol. The molecule has 3 N–H and O–H groups in total. The van der Waals surface area contributed by atoms with E-state index < -0.39 is 12.0 Å². The minimum absolute atomic E-state index is 0.330. The van der Waals surface area contributed by atoms with Crippen LogP contribution in [0.2, 0.25) is 0 Å². The van der Waals surface area contributed by atoms with E-state index in [-0.39, 0.29) is 0 Å². The smallest absolute Gasteiger partial charge is 0.321 e. The Morgan fingerprint density at radius 2 is 2.50 bits per heavy atom. The molecule has 0 saturated heterocycles. The lowest BCUT2D eigenvalue weighted by Gasteiger charge is -2.03. The minimum Gasteiger partial charge on any atom is -0.480 e. The SMILES string of the molecule is Cc1noc(CSC[C@@H](N)C(=O)O)n1. The summed E-state index contributed by atoms with van der Waals surface area (Å²) in [6.45, 7) is 1.72. The van der Waals surface area contributed by atoms with Gasteiger partial charge in [0.15, 0.2) is 5.82 Å². The molecule has 0 aliphatic carbocycles. The third-order valence-corrected chi connectivity index (χ3v) is 2.46. The van der Waals surface area contributed by atoms with Gasteiger partial charge in [0.05, 0.1) is 5.75 Å².